The molecule has 23 heavy (non-hydrogen) atoms. The quantitative estimate of drug-likeness (QED) is 0.778. The summed E-state index contributed by atoms with van der Waals surface area (Å²) in [7, 11) is 1.84. The van der Waals surface area contributed by atoms with E-state index in [1.54, 1.807) is 6.20 Å². The number of aromatic nitrogens is 3. The van der Waals surface area contributed by atoms with Crippen LogP contribution in [-0.4, -0.2) is 34.5 Å². The second-order valence-electron chi connectivity index (χ2n) is 5.17. The maximum atomic E-state index is 12.1. The van der Waals surface area contributed by atoms with Gasteiger partial charge in [-0.2, -0.15) is 0 Å². The third kappa shape index (κ3) is 3.60. The number of benzene rings is 1. The molecule has 0 saturated carbocycles. The first-order chi connectivity index (χ1) is 11.2. The predicted molar refractivity (Wildman–Crippen MR) is 88.9 cm³/mol. The number of nitrogens with zero attached hydrogens (tertiary/aromatic N) is 4. The Morgan fingerprint density at radius 1 is 1.09 bits per heavy atom. The highest BCUT2D eigenvalue weighted by Gasteiger charge is 2.11. The van der Waals surface area contributed by atoms with Gasteiger partial charge in [0.2, 0.25) is 5.91 Å². The van der Waals surface area contributed by atoms with Crippen LogP contribution in [0.3, 0.4) is 0 Å². The molecular formula is C17H17N5O. The number of amides is 1. The highest BCUT2D eigenvalue weighted by Crippen LogP contribution is 2.20. The third-order valence-corrected chi connectivity index (χ3v) is 3.46. The molecule has 0 bridgehead atoms. The summed E-state index contributed by atoms with van der Waals surface area (Å²) < 4.78 is 0. The fourth-order valence-electron chi connectivity index (χ4n) is 2.33. The van der Waals surface area contributed by atoms with Crippen molar-refractivity contribution in [3.05, 3.63) is 60.7 Å². The van der Waals surface area contributed by atoms with Crippen LogP contribution in [0.1, 0.15) is 5.69 Å². The van der Waals surface area contributed by atoms with E-state index in [4.69, 9.17) is 0 Å². The van der Waals surface area contributed by atoms with Crippen molar-refractivity contribution in [1.29, 1.82) is 0 Å². The van der Waals surface area contributed by atoms with Crippen LogP contribution in [0.2, 0.25) is 0 Å². The van der Waals surface area contributed by atoms with Crippen molar-refractivity contribution >= 4 is 22.6 Å². The summed E-state index contributed by atoms with van der Waals surface area (Å²) in [4.78, 5) is 26.6. The summed E-state index contributed by atoms with van der Waals surface area (Å²) in [5, 5.41) is 3.79. The topological polar surface area (TPSA) is 71.0 Å². The van der Waals surface area contributed by atoms with Crippen LogP contribution in [-0.2, 0) is 11.3 Å². The number of nitrogens with one attached hydrogen (secondary N) is 1. The molecule has 0 fully saturated rings. The van der Waals surface area contributed by atoms with Crippen molar-refractivity contribution in [2.45, 2.75) is 6.54 Å². The minimum atomic E-state index is -0.0825. The Balaban J connectivity index is 1.66. The molecule has 0 aliphatic heterocycles. The Morgan fingerprint density at radius 2 is 1.91 bits per heavy atom. The van der Waals surface area contributed by atoms with Gasteiger partial charge in [0.1, 0.15) is 12.1 Å². The van der Waals surface area contributed by atoms with Gasteiger partial charge in [-0.1, -0.05) is 18.2 Å². The first-order valence-electron chi connectivity index (χ1n) is 7.31. The van der Waals surface area contributed by atoms with E-state index >= 15 is 0 Å². The van der Waals surface area contributed by atoms with Gasteiger partial charge >= 0.3 is 0 Å². The summed E-state index contributed by atoms with van der Waals surface area (Å²) in [6.07, 6.45) is 3.22. The molecule has 6 nitrogen and oxygen atoms in total. The van der Waals surface area contributed by atoms with Gasteiger partial charge in [-0.15, -0.1) is 0 Å². The van der Waals surface area contributed by atoms with Gasteiger partial charge in [0.05, 0.1) is 24.3 Å². The van der Waals surface area contributed by atoms with E-state index in [1.807, 2.05) is 54.4 Å². The number of rotatable bonds is 5. The van der Waals surface area contributed by atoms with Gasteiger partial charge in [-0.3, -0.25) is 9.78 Å². The van der Waals surface area contributed by atoms with Crippen molar-refractivity contribution in [2.24, 2.45) is 0 Å². The molecular weight excluding hydrogens is 290 g/mol. The van der Waals surface area contributed by atoms with Gasteiger partial charge in [0.15, 0.2) is 0 Å². The van der Waals surface area contributed by atoms with Crippen LogP contribution in [0.5, 0.6) is 0 Å². The van der Waals surface area contributed by atoms with Crippen LogP contribution >= 0.6 is 0 Å². The average Bonchev–Trinajstić information content (AvgIpc) is 2.60. The number of anilines is 1. The zero-order valence-electron chi connectivity index (χ0n) is 12.8. The van der Waals surface area contributed by atoms with Gasteiger partial charge in [0.25, 0.3) is 0 Å². The normalized spacial score (nSPS) is 10.5. The fourth-order valence-corrected chi connectivity index (χ4v) is 2.33. The first kappa shape index (κ1) is 14.9. The summed E-state index contributed by atoms with van der Waals surface area (Å²) in [5.74, 6) is 0.657. The molecule has 0 radical (unpaired) electrons. The van der Waals surface area contributed by atoms with Crippen molar-refractivity contribution in [1.82, 2.24) is 20.3 Å². The second-order valence-corrected chi connectivity index (χ2v) is 5.17. The average molecular weight is 307 g/mol. The minimum Gasteiger partial charge on any atom is -0.350 e. The van der Waals surface area contributed by atoms with Crippen LogP contribution < -0.4 is 10.2 Å². The van der Waals surface area contributed by atoms with Crippen molar-refractivity contribution in [2.75, 3.05) is 18.5 Å². The standard InChI is InChI=1S/C17H17N5O/c1-22(11-16(23)19-10-13-6-4-5-9-18-13)17-14-7-2-3-8-15(14)20-12-21-17/h2-9,12H,10-11H2,1H3,(H,19,23). The summed E-state index contributed by atoms with van der Waals surface area (Å²) >= 11 is 0. The van der Waals surface area contributed by atoms with Crippen LogP contribution in [0.25, 0.3) is 10.9 Å². The number of pyridine rings is 1. The predicted octanol–water partition coefficient (Wildman–Crippen LogP) is 1.78. The lowest BCUT2D eigenvalue weighted by Gasteiger charge is -2.19. The van der Waals surface area contributed by atoms with E-state index in [9.17, 15) is 4.79 Å². The zero-order valence-corrected chi connectivity index (χ0v) is 12.8. The van der Waals surface area contributed by atoms with Crippen molar-refractivity contribution in [3.8, 4) is 0 Å². The molecule has 0 saturated heterocycles. The van der Waals surface area contributed by atoms with Crippen molar-refractivity contribution < 1.29 is 4.79 Å². The number of carbonyl (C=O) groups excluding carboxylic acids is 1. The Bertz CT molecular complexity index is 801. The number of likely N-dealkylation sites (N-methyl/N-ethyl adjacent to an activating group) is 1. The first-order valence-corrected chi connectivity index (χ1v) is 7.31. The lowest BCUT2D eigenvalue weighted by atomic mass is 10.2. The molecule has 6 heteroatoms. The fraction of sp³-hybridized carbons (Fsp3) is 0.176. The molecule has 0 spiro atoms. The Labute approximate surface area is 134 Å². The molecule has 0 aliphatic rings. The molecule has 3 rings (SSSR count). The molecule has 0 atom stereocenters. The molecule has 0 aliphatic carbocycles. The van der Waals surface area contributed by atoms with Crippen molar-refractivity contribution in [3.63, 3.8) is 0 Å². The summed E-state index contributed by atoms with van der Waals surface area (Å²) in [5.41, 5.74) is 1.69. The number of hydrogen-bond acceptors (Lipinski definition) is 5. The second kappa shape index (κ2) is 6.83. The lowest BCUT2D eigenvalue weighted by molar-refractivity contribution is -0.119. The van der Waals surface area contributed by atoms with E-state index in [0.29, 0.717) is 6.54 Å². The molecule has 1 aromatic carbocycles. The van der Waals surface area contributed by atoms with Gasteiger partial charge in [0, 0.05) is 18.6 Å². The molecule has 2 heterocycles. The van der Waals surface area contributed by atoms with E-state index in [-0.39, 0.29) is 12.5 Å². The smallest absolute Gasteiger partial charge is 0.239 e. The van der Waals surface area contributed by atoms with Gasteiger partial charge < -0.3 is 10.2 Å². The van der Waals surface area contributed by atoms with E-state index in [1.165, 1.54) is 6.33 Å². The SMILES string of the molecule is CN(CC(=O)NCc1ccccn1)c1ncnc2ccccc12. The molecule has 1 amide bonds. The number of hydrogen-bond donors (Lipinski definition) is 1. The molecule has 0 unspecified atom stereocenters. The highest BCUT2D eigenvalue weighted by molar-refractivity contribution is 5.91. The molecule has 116 valence electrons. The largest absolute Gasteiger partial charge is 0.350 e. The maximum absolute atomic E-state index is 12.1. The number of carbonyl (C=O) groups is 1. The minimum absolute atomic E-state index is 0.0825. The maximum Gasteiger partial charge on any atom is 0.239 e. The van der Waals surface area contributed by atoms with Crippen LogP contribution in [0, 0.1) is 0 Å². The van der Waals surface area contributed by atoms with Gasteiger partial charge in [-0.25, -0.2) is 9.97 Å². The zero-order chi connectivity index (χ0) is 16.1. The van der Waals surface area contributed by atoms with E-state index in [0.717, 1.165) is 22.4 Å². The number of fused-ring (bicyclic) bond motifs is 1. The monoisotopic (exact) mass is 307 g/mol. The van der Waals surface area contributed by atoms with E-state index < -0.39 is 0 Å². The Morgan fingerprint density at radius 3 is 2.74 bits per heavy atom. The number of para-hydroxylation sites is 1. The highest BCUT2D eigenvalue weighted by atomic mass is 16.2. The van der Waals surface area contributed by atoms with E-state index in [2.05, 4.69) is 20.3 Å². The summed E-state index contributed by atoms with van der Waals surface area (Å²) in [6.45, 7) is 0.631. The Kier molecular flexibility index (Phi) is 4.42. The molecule has 1 N–H and O–H groups in total. The van der Waals surface area contributed by atoms with Crippen LogP contribution in [0.4, 0.5) is 5.82 Å². The van der Waals surface area contributed by atoms with Crippen LogP contribution in [0.15, 0.2) is 55.0 Å². The molecule has 3 aromatic rings. The van der Waals surface area contributed by atoms with Gasteiger partial charge in [-0.05, 0) is 24.3 Å². The Hall–Kier alpha value is -3.02. The third-order valence-electron chi connectivity index (χ3n) is 3.46. The lowest BCUT2D eigenvalue weighted by Crippen LogP contribution is -2.35. The molecule has 2 aromatic heterocycles. The summed E-state index contributed by atoms with van der Waals surface area (Å²) in [6, 6.07) is 13.4.